The first-order valence-corrected chi connectivity index (χ1v) is 9.76. The molecule has 0 radical (unpaired) electrons. The maximum absolute atomic E-state index is 12.9. The molecule has 8 heteroatoms. The third kappa shape index (κ3) is 5.35. The zero-order chi connectivity index (χ0) is 19.2. The fourth-order valence-corrected chi connectivity index (χ4v) is 3.75. The molecule has 1 atom stereocenters. The molecule has 2 N–H and O–H groups in total. The van der Waals surface area contributed by atoms with Crippen molar-refractivity contribution in [2.45, 2.75) is 6.04 Å². The fourth-order valence-electron chi connectivity index (χ4n) is 3.05. The van der Waals surface area contributed by atoms with Gasteiger partial charge in [-0.2, -0.15) is 11.3 Å². The number of hydrogen-bond donors (Lipinski definition) is 2. The Labute approximate surface area is 162 Å². The van der Waals surface area contributed by atoms with Gasteiger partial charge in [0.25, 0.3) is 0 Å². The Balaban J connectivity index is 1.58. The van der Waals surface area contributed by atoms with E-state index in [0.717, 1.165) is 31.7 Å². The Morgan fingerprint density at radius 1 is 1.11 bits per heavy atom. The first kappa shape index (κ1) is 19.5. The molecule has 0 bridgehead atoms. The summed E-state index contributed by atoms with van der Waals surface area (Å²) in [6, 6.07) is 7.38. The molecule has 1 saturated heterocycles. The molecule has 0 unspecified atom stereocenters. The van der Waals surface area contributed by atoms with Crippen LogP contribution in [0.1, 0.15) is 11.6 Å². The molecule has 6 nitrogen and oxygen atoms in total. The second kappa shape index (κ2) is 9.07. The Bertz CT molecular complexity index is 759. The molecule has 1 aromatic carbocycles. The van der Waals surface area contributed by atoms with Gasteiger partial charge in [0.1, 0.15) is 5.82 Å². The molecule has 1 aliphatic heterocycles. The average Bonchev–Trinajstić information content (AvgIpc) is 3.19. The van der Waals surface area contributed by atoms with Gasteiger partial charge in [0.05, 0.1) is 6.04 Å². The molecular formula is C19H23FN4O2S. The second-order valence-corrected chi connectivity index (χ2v) is 7.36. The van der Waals surface area contributed by atoms with Crippen LogP contribution in [-0.4, -0.2) is 61.4 Å². The van der Waals surface area contributed by atoms with Crippen LogP contribution in [0, 0.1) is 5.82 Å². The van der Waals surface area contributed by atoms with E-state index >= 15 is 0 Å². The molecular weight excluding hydrogens is 367 g/mol. The van der Waals surface area contributed by atoms with Gasteiger partial charge in [-0.1, -0.05) is 0 Å². The summed E-state index contributed by atoms with van der Waals surface area (Å²) < 4.78 is 12.9. The molecule has 27 heavy (non-hydrogen) atoms. The van der Waals surface area contributed by atoms with E-state index in [9.17, 15) is 14.0 Å². The number of amides is 2. The molecule has 2 aromatic rings. The molecule has 3 rings (SSSR count). The van der Waals surface area contributed by atoms with Gasteiger partial charge in [-0.05, 0) is 53.7 Å². The maximum Gasteiger partial charge on any atom is 0.313 e. The van der Waals surface area contributed by atoms with E-state index in [-0.39, 0.29) is 6.04 Å². The Hall–Kier alpha value is -2.29. The van der Waals surface area contributed by atoms with Crippen molar-refractivity contribution >= 4 is 28.8 Å². The zero-order valence-electron chi connectivity index (χ0n) is 15.2. The molecule has 0 saturated carbocycles. The highest BCUT2D eigenvalue weighted by Gasteiger charge is 2.25. The number of nitrogens with one attached hydrogen (secondary N) is 2. The van der Waals surface area contributed by atoms with Crippen LogP contribution < -0.4 is 10.6 Å². The summed E-state index contributed by atoms with van der Waals surface area (Å²) in [6.45, 7) is 4.12. The molecule has 1 aliphatic rings. The minimum Gasteiger partial charge on any atom is -0.346 e. The van der Waals surface area contributed by atoms with Crippen LogP contribution in [-0.2, 0) is 9.59 Å². The fraction of sp³-hybridized carbons (Fsp3) is 0.368. The summed E-state index contributed by atoms with van der Waals surface area (Å²) in [4.78, 5) is 28.9. The monoisotopic (exact) mass is 390 g/mol. The van der Waals surface area contributed by atoms with Crippen LogP contribution in [0.5, 0.6) is 0 Å². The maximum atomic E-state index is 12.9. The SMILES string of the molecule is CN1CCN([C@@H](CNC(=O)C(=O)Nc2ccc(F)cc2)c2ccsc2)CC1. The van der Waals surface area contributed by atoms with Crippen LogP contribution in [0.3, 0.4) is 0 Å². The third-order valence-corrected chi connectivity index (χ3v) is 5.37. The standard InChI is InChI=1S/C19H23FN4O2S/c1-23-7-9-24(10-8-23)17(14-6-11-27-13-14)12-21-18(25)19(26)22-16-4-2-15(20)3-5-16/h2-6,11,13,17H,7-10,12H2,1H3,(H,21,25)(H,22,26)/t17-/m0/s1. The van der Waals surface area contributed by atoms with Crippen LogP contribution in [0.25, 0.3) is 0 Å². The van der Waals surface area contributed by atoms with Crippen LogP contribution >= 0.6 is 11.3 Å². The predicted octanol–water partition coefficient (Wildman–Crippen LogP) is 1.93. The Morgan fingerprint density at radius 3 is 2.44 bits per heavy atom. The number of carbonyl (C=O) groups excluding carboxylic acids is 2. The Morgan fingerprint density at radius 2 is 1.81 bits per heavy atom. The van der Waals surface area contributed by atoms with E-state index in [0.29, 0.717) is 12.2 Å². The van der Waals surface area contributed by atoms with Crippen molar-refractivity contribution in [2.75, 3.05) is 45.1 Å². The summed E-state index contributed by atoms with van der Waals surface area (Å²) in [5, 5.41) is 9.30. The van der Waals surface area contributed by atoms with E-state index in [1.807, 2.05) is 5.38 Å². The Kier molecular flexibility index (Phi) is 6.54. The predicted molar refractivity (Wildman–Crippen MR) is 104 cm³/mol. The third-order valence-electron chi connectivity index (χ3n) is 4.67. The summed E-state index contributed by atoms with van der Waals surface area (Å²) >= 11 is 1.62. The van der Waals surface area contributed by atoms with Gasteiger partial charge in [-0.3, -0.25) is 14.5 Å². The van der Waals surface area contributed by atoms with Crippen molar-refractivity contribution < 1.29 is 14.0 Å². The lowest BCUT2D eigenvalue weighted by atomic mass is 10.1. The molecule has 144 valence electrons. The second-order valence-electron chi connectivity index (χ2n) is 6.58. The lowest BCUT2D eigenvalue weighted by Crippen LogP contribution is -2.49. The number of halogens is 1. The number of carbonyl (C=O) groups is 2. The number of piperazine rings is 1. The van der Waals surface area contributed by atoms with Crippen molar-refractivity contribution in [1.29, 1.82) is 0 Å². The summed E-state index contributed by atoms with van der Waals surface area (Å²) in [5.74, 6) is -1.86. The topological polar surface area (TPSA) is 64.7 Å². The van der Waals surface area contributed by atoms with Gasteiger partial charge in [0.2, 0.25) is 0 Å². The molecule has 2 amide bonds. The first-order valence-electron chi connectivity index (χ1n) is 8.82. The molecule has 0 spiro atoms. The van der Waals surface area contributed by atoms with Crippen molar-refractivity contribution in [2.24, 2.45) is 0 Å². The minimum atomic E-state index is -0.760. The number of rotatable bonds is 5. The minimum absolute atomic E-state index is 0.0347. The van der Waals surface area contributed by atoms with Crippen LogP contribution in [0.4, 0.5) is 10.1 Å². The number of hydrogen-bond acceptors (Lipinski definition) is 5. The van der Waals surface area contributed by atoms with Gasteiger partial charge < -0.3 is 15.5 Å². The molecule has 1 aromatic heterocycles. The summed E-state index contributed by atoms with van der Waals surface area (Å²) in [5.41, 5.74) is 1.52. The van der Waals surface area contributed by atoms with Gasteiger partial charge in [0, 0.05) is 38.4 Å². The van der Waals surface area contributed by atoms with E-state index in [1.165, 1.54) is 24.3 Å². The number of thiophene rings is 1. The highest BCUT2D eigenvalue weighted by atomic mass is 32.1. The van der Waals surface area contributed by atoms with Gasteiger partial charge >= 0.3 is 11.8 Å². The highest BCUT2D eigenvalue weighted by molar-refractivity contribution is 7.08. The summed E-state index contributed by atoms with van der Waals surface area (Å²) in [6.07, 6.45) is 0. The molecule has 0 aliphatic carbocycles. The van der Waals surface area contributed by atoms with Gasteiger partial charge in [-0.15, -0.1) is 0 Å². The molecule has 2 heterocycles. The number of nitrogens with zero attached hydrogens (tertiary/aromatic N) is 2. The van der Waals surface area contributed by atoms with Crippen molar-refractivity contribution in [1.82, 2.24) is 15.1 Å². The lowest BCUT2D eigenvalue weighted by Gasteiger charge is -2.37. The van der Waals surface area contributed by atoms with Crippen molar-refractivity contribution in [3.05, 3.63) is 52.5 Å². The highest BCUT2D eigenvalue weighted by Crippen LogP contribution is 2.23. The number of anilines is 1. The van der Waals surface area contributed by atoms with Crippen LogP contribution in [0.15, 0.2) is 41.1 Å². The quantitative estimate of drug-likeness (QED) is 0.766. The smallest absolute Gasteiger partial charge is 0.313 e. The van der Waals surface area contributed by atoms with Gasteiger partial charge in [-0.25, -0.2) is 4.39 Å². The average molecular weight is 390 g/mol. The van der Waals surface area contributed by atoms with Crippen molar-refractivity contribution in [3.63, 3.8) is 0 Å². The first-order chi connectivity index (χ1) is 13.0. The normalized spacial score (nSPS) is 16.7. The van der Waals surface area contributed by atoms with E-state index in [1.54, 1.807) is 11.3 Å². The van der Waals surface area contributed by atoms with E-state index in [2.05, 4.69) is 38.9 Å². The van der Waals surface area contributed by atoms with Crippen LogP contribution in [0.2, 0.25) is 0 Å². The zero-order valence-corrected chi connectivity index (χ0v) is 16.0. The lowest BCUT2D eigenvalue weighted by molar-refractivity contribution is -0.136. The number of benzene rings is 1. The largest absolute Gasteiger partial charge is 0.346 e. The molecule has 1 fully saturated rings. The number of likely N-dealkylation sites (N-methyl/N-ethyl adjacent to an activating group) is 1. The van der Waals surface area contributed by atoms with E-state index in [4.69, 9.17) is 0 Å². The van der Waals surface area contributed by atoms with Gasteiger partial charge in [0.15, 0.2) is 0 Å². The van der Waals surface area contributed by atoms with Crippen molar-refractivity contribution in [3.8, 4) is 0 Å². The summed E-state index contributed by atoms with van der Waals surface area (Å²) in [7, 11) is 2.10. The van der Waals surface area contributed by atoms with E-state index < -0.39 is 17.6 Å².